The molecule has 0 aromatic heterocycles. The van der Waals surface area contributed by atoms with Crippen LogP contribution in [0.3, 0.4) is 0 Å². The van der Waals surface area contributed by atoms with Crippen LogP contribution in [0.25, 0.3) is 0 Å². The highest BCUT2D eigenvalue weighted by Crippen LogP contribution is 2.16. The van der Waals surface area contributed by atoms with Crippen LogP contribution in [0.4, 0.5) is 5.69 Å². The number of benzene rings is 1. The van der Waals surface area contributed by atoms with Crippen LogP contribution in [0.1, 0.15) is 38.7 Å². The van der Waals surface area contributed by atoms with Crippen molar-refractivity contribution in [1.82, 2.24) is 10.6 Å². The fourth-order valence-electron chi connectivity index (χ4n) is 2.12. The van der Waals surface area contributed by atoms with Crippen LogP contribution < -0.4 is 10.6 Å². The predicted molar refractivity (Wildman–Crippen MR) is 90.0 cm³/mol. The molecule has 1 aromatic rings. The SMILES string of the molecule is CN=C(NCCCCC(C)C)NCc1ccccc1[N+](=O)[O-]. The molecule has 6 heteroatoms. The number of aliphatic imine (C=N–C) groups is 1. The number of nitrogens with zero attached hydrogens (tertiary/aromatic N) is 2. The van der Waals surface area contributed by atoms with E-state index < -0.39 is 0 Å². The molecule has 0 radical (unpaired) electrons. The molecule has 0 atom stereocenters. The largest absolute Gasteiger partial charge is 0.356 e. The van der Waals surface area contributed by atoms with E-state index in [1.54, 1.807) is 25.2 Å². The third kappa shape index (κ3) is 6.56. The summed E-state index contributed by atoms with van der Waals surface area (Å²) in [5.41, 5.74) is 0.776. The second-order valence-electron chi connectivity index (χ2n) is 5.63. The highest BCUT2D eigenvalue weighted by molar-refractivity contribution is 5.79. The zero-order valence-electron chi connectivity index (χ0n) is 13.6. The number of nitrogens with one attached hydrogen (secondary N) is 2. The van der Waals surface area contributed by atoms with Gasteiger partial charge in [-0.25, -0.2) is 0 Å². The van der Waals surface area contributed by atoms with E-state index >= 15 is 0 Å². The van der Waals surface area contributed by atoms with Crippen molar-refractivity contribution in [2.45, 2.75) is 39.7 Å². The molecule has 0 fully saturated rings. The van der Waals surface area contributed by atoms with Gasteiger partial charge in [0.2, 0.25) is 0 Å². The Morgan fingerprint density at radius 2 is 2.00 bits per heavy atom. The molecule has 0 bridgehead atoms. The first-order chi connectivity index (χ1) is 10.5. The van der Waals surface area contributed by atoms with Crippen molar-refractivity contribution < 1.29 is 4.92 Å². The molecule has 0 amide bonds. The molecular formula is C16H26N4O2. The summed E-state index contributed by atoms with van der Waals surface area (Å²) in [5.74, 6) is 1.40. The second kappa shape index (κ2) is 9.76. The summed E-state index contributed by atoms with van der Waals surface area (Å²) in [6.45, 7) is 5.67. The molecule has 0 unspecified atom stereocenters. The van der Waals surface area contributed by atoms with E-state index in [2.05, 4.69) is 29.5 Å². The first-order valence-corrected chi connectivity index (χ1v) is 7.71. The quantitative estimate of drug-likeness (QED) is 0.254. The zero-order chi connectivity index (χ0) is 16.4. The summed E-state index contributed by atoms with van der Waals surface area (Å²) in [6, 6.07) is 6.73. The van der Waals surface area contributed by atoms with Crippen molar-refractivity contribution in [3.05, 3.63) is 39.9 Å². The van der Waals surface area contributed by atoms with E-state index in [0.29, 0.717) is 18.1 Å². The first-order valence-electron chi connectivity index (χ1n) is 7.71. The second-order valence-corrected chi connectivity index (χ2v) is 5.63. The molecule has 0 aliphatic carbocycles. The Balaban J connectivity index is 2.40. The molecule has 1 aromatic carbocycles. The lowest BCUT2D eigenvalue weighted by atomic mass is 10.1. The zero-order valence-corrected chi connectivity index (χ0v) is 13.6. The van der Waals surface area contributed by atoms with E-state index in [1.165, 1.54) is 18.9 Å². The smallest absolute Gasteiger partial charge is 0.274 e. The van der Waals surface area contributed by atoms with Gasteiger partial charge in [-0.2, -0.15) is 0 Å². The highest BCUT2D eigenvalue weighted by atomic mass is 16.6. The monoisotopic (exact) mass is 306 g/mol. The summed E-state index contributed by atoms with van der Waals surface area (Å²) in [5, 5.41) is 17.3. The number of para-hydroxylation sites is 1. The van der Waals surface area contributed by atoms with Gasteiger partial charge in [-0.3, -0.25) is 15.1 Å². The van der Waals surface area contributed by atoms with Crippen LogP contribution in [0, 0.1) is 16.0 Å². The maximum atomic E-state index is 11.0. The van der Waals surface area contributed by atoms with Crippen LogP contribution in [0.2, 0.25) is 0 Å². The van der Waals surface area contributed by atoms with Gasteiger partial charge in [0.1, 0.15) is 0 Å². The lowest BCUT2D eigenvalue weighted by Gasteiger charge is -2.12. The maximum absolute atomic E-state index is 11.0. The van der Waals surface area contributed by atoms with E-state index in [0.717, 1.165) is 18.9 Å². The highest BCUT2D eigenvalue weighted by Gasteiger charge is 2.12. The lowest BCUT2D eigenvalue weighted by Crippen LogP contribution is -2.37. The van der Waals surface area contributed by atoms with Crippen LogP contribution in [-0.4, -0.2) is 24.5 Å². The van der Waals surface area contributed by atoms with E-state index in [1.807, 2.05) is 0 Å². The van der Waals surface area contributed by atoms with Crippen LogP contribution >= 0.6 is 0 Å². The number of guanidine groups is 1. The number of nitro benzene ring substituents is 1. The van der Waals surface area contributed by atoms with E-state index in [-0.39, 0.29) is 10.6 Å². The van der Waals surface area contributed by atoms with Gasteiger partial charge in [0.25, 0.3) is 5.69 Å². The third-order valence-electron chi connectivity index (χ3n) is 3.36. The first kappa shape index (κ1) is 17.9. The van der Waals surface area contributed by atoms with Crippen molar-refractivity contribution >= 4 is 11.6 Å². The van der Waals surface area contributed by atoms with Crippen molar-refractivity contribution in [2.24, 2.45) is 10.9 Å². The molecule has 2 N–H and O–H groups in total. The molecule has 0 aliphatic heterocycles. The summed E-state index contributed by atoms with van der Waals surface area (Å²) < 4.78 is 0. The van der Waals surface area contributed by atoms with Gasteiger partial charge in [-0.05, 0) is 12.3 Å². The number of unbranched alkanes of at least 4 members (excludes halogenated alkanes) is 1. The summed E-state index contributed by atoms with van der Waals surface area (Å²) in [7, 11) is 1.70. The number of hydrogen-bond donors (Lipinski definition) is 2. The molecule has 22 heavy (non-hydrogen) atoms. The van der Waals surface area contributed by atoms with Crippen LogP contribution in [0.5, 0.6) is 0 Å². The Labute approximate surface area is 132 Å². The standard InChI is InChI=1S/C16H26N4O2/c1-13(2)8-6-7-11-18-16(17-3)19-12-14-9-4-5-10-15(14)20(21)22/h4-5,9-10,13H,6-8,11-12H2,1-3H3,(H2,17,18,19). The average Bonchev–Trinajstić information content (AvgIpc) is 2.49. The summed E-state index contributed by atoms with van der Waals surface area (Å²) in [6.07, 6.45) is 3.50. The van der Waals surface area contributed by atoms with Gasteiger partial charge in [-0.1, -0.05) is 44.9 Å². The maximum Gasteiger partial charge on any atom is 0.274 e. The number of nitro groups is 1. The minimum absolute atomic E-state index is 0.127. The van der Waals surface area contributed by atoms with Gasteiger partial charge in [-0.15, -0.1) is 0 Å². The van der Waals surface area contributed by atoms with Gasteiger partial charge < -0.3 is 10.6 Å². The molecule has 6 nitrogen and oxygen atoms in total. The summed E-state index contributed by atoms with van der Waals surface area (Å²) in [4.78, 5) is 14.7. The summed E-state index contributed by atoms with van der Waals surface area (Å²) >= 11 is 0. The lowest BCUT2D eigenvalue weighted by molar-refractivity contribution is -0.385. The molecule has 1 rings (SSSR count). The van der Waals surface area contributed by atoms with Crippen LogP contribution in [-0.2, 0) is 6.54 Å². The van der Waals surface area contributed by atoms with Gasteiger partial charge in [0.15, 0.2) is 5.96 Å². The fourth-order valence-corrected chi connectivity index (χ4v) is 2.12. The molecule has 0 heterocycles. The molecule has 0 saturated carbocycles. The molecule has 122 valence electrons. The molecule has 0 aliphatic rings. The topological polar surface area (TPSA) is 79.6 Å². The molecule has 0 spiro atoms. The Morgan fingerprint density at radius 3 is 2.64 bits per heavy atom. The Bertz CT molecular complexity index is 501. The van der Waals surface area contributed by atoms with Gasteiger partial charge in [0, 0.05) is 31.8 Å². The van der Waals surface area contributed by atoms with Crippen LogP contribution in [0.15, 0.2) is 29.3 Å². The van der Waals surface area contributed by atoms with E-state index in [9.17, 15) is 10.1 Å². The molecule has 0 saturated heterocycles. The van der Waals surface area contributed by atoms with Gasteiger partial charge >= 0.3 is 0 Å². The molecular weight excluding hydrogens is 280 g/mol. The minimum Gasteiger partial charge on any atom is -0.356 e. The average molecular weight is 306 g/mol. The third-order valence-corrected chi connectivity index (χ3v) is 3.36. The fraction of sp³-hybridized carbons (Fsp3) is 0.562. The number of rotatable bonds is 8. The van der Waals surface area contributed by atoms with Crippen molar-refractivity contribution in [1.29, 1.82) is 0 Å². The van der Waals surface area contributed by atoms with Crippen molar-refractivity contribution in [2.75, 3.05) is 13.6 Å². The Kier molecular flexibility index (Phi) is 7.96. The Hall–Kier alpha value is -2.11. The predicted octanol–water partition coefficient (Wildman–Crippen LogP) is 3.09. The Morgan fingerprint density at radius 1 is 1.27 bits per heavy atom. The number of hydrogen-bond acceptors (Lipinski definition) is 3. The van der Waals surface area contributed by atoms with E-state index in [4.69, 9.17) is 0 Å². The van der Waals surface area contributed by atoms with Gasteiger partial charge in [0.05, 0.1) is 4.92 Å². The normalized spacial score (nSPS) is 11.5. The minimum atomic E-state index is -0.362. The van der Waals surface area contributed by atoms with Crippen molar-refractivity contribution in [3.8, 4) is 0 Å². The van der Waals surface area contributed by atoms with Crippen molar-refractivity contribution in [3.63, 3.8) is 0 Å².